The molecule has 0 N–H and O–H groups in total. The summed E-state index contributed by atoms with van der Waals surface area (Å²) in [5, 5.41) is 0. The van der Waals surface area contributed by atoms with Gasteiger partial charge in [0.25, 0.3) is 5.91 Å². The van der Waals surface area contributed by atoms with E-state index >= 15 is 0 Å². The van der Waals surface area contributed by atoms with E-state index in [4.69, 9.17) is 4.74 Å². The zero-order valence-corrected chi connectivity index (χ0v) is 16.2. The average Bonchev–Trinajstić information content (AvgIpc) is 2.77. The van der Waals surface area contributed by atoms with E-state index in [0.717, 1.165) is 19.4 Å². The van der Waals surface area contributed by atoms with Crippen molar-refractivity contribution in [3.63, 3.8) is 0 Å². The average molecular weight is 377 g/mol. The predicted molar refractivity (Wildman–Crippen MR) is 109 cm³/mol. The number of hydrogen-bond acceptors (Lipinski definition) is 3. The van der Waals surface area contributed by atoms with Crippen LogP contribution in [-0.4, -0.2) is 35.8 Å². The number of ether oxygens (including phenoxy) is 1. The first-order chi connectivity index (χ1) is 13.7. The molecular formula is C24H27NO3. The van der Waals surface area contributed by atoms with Crippen LogP contribution in [0.2, 0.25) is 0 Å². The third-order valence-corrected chi connectivity index (χ3v) is 6.08. The SMILES string of the molecule is O=C(c1ccccc1)c1ccc(OCC(=O)N2CCC[C@@H]3CCCC[C@@H]32)cc1. The molecule has 0 bridgehead atoms. The van der Waals surface area contributed by atoms with Gasteiger partial charge >= 0.3 is 0 Å². The van der Waals surface area contributed by atoms with Crippen LogP contribution in [0.5, 0.6) is 5.75 Å². The van der Waals surface area contributed by atoms with Crippen molar-refractivity contribution in [2.75, 3.05) is 13.2 Å². The topological polar surface area (TPSA) is 46.6 Å². The van der Waals surface area contributed by atoms with Gasteiger partial charge in [0.05, 0.1) is 0 Å². The Kier molecular flexibility index (Phi) is 5.75. The molecule has 2 aromatic carbocycles. The van der Waals surface area contributed by atoms with Crippen LogP contribution in [0.1, 0.15) is 54.4 Å². The molecule has 28 heavy (non-hydrogen) atoms. The van der Waals surface area contributed by atoms with Crippen molar-refractivity contribution in [1.82, 2.24) is 4.90 Å². The lowest BCUT2D eigenvalue weighted by Gasteiger charge is -2.44. The number of rotatable bonds is 5. The fourth-order valence-electron chi connectivity index (χ4n) is 4.62. The first-order valence-electron chi connectivity index (χ1n) is 10.3. The maximum atomic E-state index is 12.7. The van der Waals surface area contributed by atoms with Crippen molar-refractivity contribution in [2.45, 2.75) is 44.6 Å². The third-order valence-electron chi connectivity index (χ3n) is 6.08. The van der Waals surface area contributed by atoms with E-state index in [1.165, 1.54) is 25.7 Å². The van der Waals surface area contributed by atoms with E-state index in [9.17, 15) is 9.59 Å². The van der Waals surface area contributed by atoms with Crippen LogP contribution in [0.15, 0.2) is 54.6 Å². The summed E-state index contributed by atoms with van der Waals surface area (Å²) in [6.07, 6.45) is 7.27. The van der Waals surface area contributed by atoms with Crippen molar-refractivity contribution in [3.05, 3.63) is 65.7 Å². The van der Waals surface area contributed by atoms with Gasteiger partial charge in [-0.25, -0.2) is 0 Å². The highest BCUT2D eigenvalue weighted by atomic mass is 16.5. The quantitative estimate of drug-likeness (QED) is 0.722. The highest BCUT2D eigenvalue weighted by molar-refractivity contribution is 6.08. The van der Waals surface area contributed by atoms with E-state index in [2.05, 4.69) is 4.90 Å². The Morgan fingerprint density at radius 2 is 1.54 bits per heavy atom. The molecular weight excluding hydrogens is 350 g/mol. The molecule has 1 saturated carbocycles. The largest absolute Gasteiger partial charge is 0.484 e. The van der Waals surface area contributed by atoms with E-state index in [1.807, 2.05) is 30.3 Å². The number of ketones is 1. The van der Waals surface area contributed by atoms with Crippen LogP contribution in [0.25, 0.3) is 0 Å². The second-order valence-corrected chi connectivity index (χ2v) is 7.85. The van der Waals surface area contributed by atoms with Crippen LogP contribution in [0, 0.1) is 5.92 Å². The maximum absolute atomic E-state index is 12.7. The second-order valence-electron chi connectivity index (χ2n) is 7.85. The van der Waals surface area contributed by atoms with Gasteiger partial charge in [-0.15, -0.1) is 0 Å². The standard InChI is InChI=1S/C24H27NO3/c26-23(25-16-6-10-18-7-4-5-11-22(18)25)17-28-21-14-12-20(13-15-21)24(27)19-8-2-1-3-9-19/h1-3,8-9,12-15,18,22H,4-7,10-11,16-17H2/t18-,22-/m0/s1. The van der Waals surface area contributed by atoms with Crippen molar-refractivity contribution in [2.24, 2.45) is 5.92 Å². The maximum Gasteiger partial charge on any atom is 0.260 e. The molecule has 4 heteroatoms. The molecule has 1 aliphatic heterocycles. The molecule has 1 heterocycles. The van der Waals surface area contributed by atoms with Gasteiger partial charge in [0.1, 0.15) is 5.75 Å². The normalized spacial score (nSPS) is 21.6. The van der Waals surface area contributed by atoms with E-state index < -0.39 is 0 Å². The van der Waals surface area contributed by atoms with Crippen LogP contribution in [-0.2, 0) is 4.79 Å². The molecule has 2 atom stereocenters. The van der Waals surface area contributed by atoms with Gasteiger partial charge in [-0.3, -0.25) is 9.59 Å². The smallest absolute Gasteiger partial charge is 0.260 e. The Balaban J connectivity index is 1.34. The number of nitrogens with zero attached hydrogens (tertiary/aromatic N) is 1. The summed E-state index contributed by atoms with van der Waals surface area (Å²) < 4.78 is 5.74. The first-order valence-corrected chi connectivity index (χ1v) is 10.3. The van der Waals surface area contributed by atoms with Crippen LogP contribution < -0.4 is 4.74 Å². The van der Waals surface area contributed by atoms with Gasteiger partial charge in [0, 0.05) is 23.7 Å². The summed E-state index contributed by atoms with van der Waals surface area (Å²) in [5.74, 6) is 1.37. The molecule has 0 spiro atoms. The number of piperidine rings is 1. The highest BCUT2D eigenvalue weighted by Crippen LogP contribution is 2.35. The summed E-state index contributed by atoms with van der Waals surface area (Å²) >= 11 is 0. The third kappa shape index (κ3) is 4.11. The Morgan fingerprint density at radius 1 is 0.857 bits per heavy atom. The second kappa shape index (κ2) is 8.59. The lowest BCUT2D eigenvalue weighted by atomic mass is 9.78. The number of hydrogen-bond donors (Lipinski definition) is 0. The van der Waals surface area contributed by atoms with Gasteiger partial charge in [-0.05, 0) is 55.9 Å². The monoisotopic (exact) mass is 377 g/mol. The molecule has 2 fully saturated rings. The highest BCUT2D eigenvalue weighted by Gasteiger charge is 2.35. The van der Waals surface area contributed by atoms with Gasteiger partial charge in [0.15, 0.2) is 12.4 Å². The summed E-state index contributed by atoms with van der Waals surface area (Å²) in [4.78, 5) is 27.3. The first kappa shape index (κ1) is 18.7. The minimum atomic E-state index is -0.0140. The molecule has 146 valence electrons. The van der Waals surface area contributed by atoms with Crippen molar-refractivity contribution >= 4 is 11.7 Å². The zero-order valence-electron chi connectivity index (χ0n) is 16.2. The lowest BCUT2D eigenvalue weighted by molar-refractivity contribution is -0.139. The van der Waals surface area contributed by atoms with Gasteiger partial charge in [0.2, 0.25) is 0 Å². The number of carbonyl (C=O) groups excluding carboxylic acids is 2. The summed E-state index contributed by atoms with van der Waals surface area (Å²) in [6, 6.07) is 16.7. The number of benzene rings is 2. The Labute approximate surface area is 166 Å². The summed E-state index contributed by atoms with van der Waals surface area (Å²) in [7, 11) is 0. The van der Waals surface area contributed by atoms with Crippen molar-refractivity contribution in [1.29, 1.82) is 0 Å². The molecule has 1 saturated heterocycles. The minimum absolute atomic E-state index is 0.0140. The number of fused-ring (bicyclic) bond motifs is 1. The van der Waals surface area contributed by atoms with E-state index in [1.54, 1.807) is 24.3 Å². The Morgan fingerprint density at radius 3 is 2.32 bits per heavy atom. The number of amides is 1. The molecule has 0 unspecified atom stereocenters. The predicted octanol–water partition coefficient (Wildman–Crippen LogP) is 4.48. The van der Waals surface area contributed by atoms with E-state index in [0.29, 0.717) is 28.8 Å². The van der Waals surface area contributed by atoms with Crippen molar-refractivity contribution < 1.29 is 14.3 Å². The molecule has 2 aromatic rings. The molecule has 0 radical (unpaired) electrons. The fraction of sp³-hybridized carbons (Fsp3) is 0.417. The lowest BCUT2D eigenvalue weighted by Crippen LogP contribution is -2.51. The molecule has 0 aromatic heterocycles. The minimum Gasteiger partial charge on any atom is -0.484 e. The molecule has 2 aliphatic rings. The number of likely N-dealkylation sites (tertiary alicyclic amines) is 1. The van der Waals surface area contributed by atoms with Gasteiger partial charge < -0.3 is 9.64 Å². The zero-order chi connectivity index (χ0) is 19.3. The van der Waals surface area contributed by atoms with Gasteiger partial charge in [-0.2, -0.15) is 0 Å². The van der Waals surface area contributed by atoms with Crippen molar-refractivity contribution in [3.8, 4) is 5.75 Å². The molecule has 4 nitrogen and oxygen atoms in total. The Bertz CT molecular complexity index is 814. The Hall–Kier alpha value is -2.62. The van der Waals surface area contributed by atoms with Crippen LogP contribution >= 0.6 is 0 Å². The molecule has 1 amide bonds. The fourth-order valence-corrected chi connectivity index (χ4v) is 4.62. The summed E-state index contributed by atoms with van der Waals surface area (Å²) in [6.45, 7) is 0.920. The van der Waals surface area contributed by atoms with Crippen LogP contribution in [0.3, 0.4) is 0 Å². The molecule has 4 rings (SSSR count). The van der Waals surface area contributed by atoms with Gasteiger partial charge in [-0.1, -0.05) is 43.2 Å². The molecule has 1 aliphatic carbocycles. The van der Waals surface area contributed by atoms with E-state index in [-0.39, 0.29) is 18.3 Å². The van der Waals surface area contributed by atoms with Crippen LogP contribution in [0.4, 0.5) is 0 Å². The summed E-state index contributed by atoms with van der Waals surface area (Å²) in [5.41, 5.74) is 1.28. The number of carbonyl (C=O) groups is 2.